The zero-order chi connectivity index (χ0) is 13.0. The Bertz CT molecular complexity index is 417. The molecule has 1 fully saturated rings. The summed E-state index contributed by atoms with van der Waals surface area (Å²) >= 11 is 0. The van der Waals surface area contributed by atoms with Crippen molar-refractivity contribution in [1.29, 1.82) is 0 Å². The molecule has 18 heavy (non-hydrogen) atoms. The first-order chi connectivity index (χ1) is 8.74. The maximum absolute atomic E-state index is 12.5. The van der Waals surface area contributed by atoms with Crippen LogP contribution in [0.4, 0.5) is 5.69 Å². The molecule has 1 amide bonds. The number of carbonyl (C=O) groups is 1. The molecular formula is C14H21N3O. The van der Waals surface area contributed by atoms with Crippen LogP contribution in [0.2, 0.25) is 0 Å². The molecule has 1 aliphatic rings. The van der Waals surface area contributed by atoms with Gasteiger partial charge in [-0.15, -0.1) is 0 Å². The van der Waals surface area contributed by atoms with Gasteiger partial charge in [0.1, 0.15) is 0 Å². The Morgan fingerprint density at radius 1 is 1.56 bits per heavy atom. The van der Waals surface area contributed by atoms with Crippen molar-refractivity contribution in [3.8, 4) is 0 Å². The number of hydrogen-bond acceptors (Lipinski definition) is 3. The average molecular weight is 247 g/mol. The second kappa shape index (κ2) is 5.85. The molecule has 0 radical (unpaired) electrons. The highest BCUT2D eigenvalue weighted by Gasteiger charge is 2.27. The number of amides is 1. The summed E-state index contributed by atoms with van der Waals surface area (Å²) < 4.78 is 0. The fourth-order valence-corrected chi connectivity index (χ4v) is 2.66. The molecule has 2 N–H and O–H groups in total. The lowest BCUT2D eigenvalue weighted by molar-refractivity contribution is 0.0601. The molecule has 1 aromatic heterocycles. The molecule has 0 aromatic carbocycles. The van der Waals surface area contributed by atoms with Crippen LogP contribution in [-0.2, 0) is 0 Å². The average Bonchev–Trinajstić information content (AvgIpc) is 2.40. The smallest absolute Gasteiger partial charge is 0.256 e. The molecular weight excluding hydrogens is 226 g/mol. The number of nitrogens with two attached hydrogens (primary N) is 1. The molecule has 2 rings (SSSR count). The van der Waals surface area contributed by atoms with E-state index in [1.165, 1.54) is 6.42 Å². The van der Waals surface area contributed by atoms with Gasteiger partial charge in [-0.05, 0) is 31.7 Å². The monoisotopic (exact) mass is 247 g/mol. The lowest BCUT2D eigenvalue weighted by atomic mass is 9.97. The first kappa shape index (κ1) is 12.9. The quantitative estimate of drug-likeness (QED) is 0.892. The van der Waals surface area contributed by atoms with E-state index in [4.69, 9.17) is 5.73 Å². The maximum atomic E-state index is 12.5. The second-order valence-electron chi connectivity index (χ2n) is 4.90. The largest absolute Gasteiger partial charge is 0.397 e. The van der Waals surface area contributed by atoms with E-state index in [9.17, 15) is 4.79 Å². The summed E-state index contributed by atoms with van der Waals surface area (Å²) in [4.78, 5) is 18.5. The van der Waals surface area contributed by atoms with Gasteiger partial charge in [-0.1, -0.05) is 13.3 Å². The minimum absolute atomic E-state index is 0.0630. The van der Waals surface area contributed by atoms with Crippen molar-refractivity contribution in [3.63, 3.8) is 0 Å². The van der Waals surface area contributed by atoms with Crippen LogP contribution in [0.3, 0.4) is 0 Å². The number of rotatable bonds is 3. The predicted molar refractivity (Wildman–Crippen MR) is 72.2 cm³/mol. The molecule has 0 bridgehead atoms. The van der Waals surface area contributed by atoms with Crippen molar-refractivity contribution in [1.82, 2.24) is 9.88 Å². The van der Waals surface area contributed by atoms with Crippen molar-refractivity contribution in [2.45, 2.75) is 45.1 Å². The minimum atomic E-state index is 0.0630. The molecule has 1 saturated heterocycles. The van der Waals surface area contributed by atoms with Crippen LogP contribution in [0.1, 0.15) is 49.4 Å². The highest BCUT2D eigenvalue weighted by molar-refractivity contribution is 5.99. The van der Waals surface area contributed by atoms with Gasteiger partial charge in [-0.3, -0.25) is 9.78 Å². The maximum Gasteiger partial charge on any atom is 0.256 e. The van der Waals surface area contributed by atoms with Crippen molar-refractivity contribution >= 4 is 11.6 Å². The van der Waals surface area contributed by atoms with Gasteiger partial charge in [0.2, 0.25) is 0 Å². The Balaban J connectivity index is 2.18. The van der Waals surface area contributed by atoms with E-state index < -0.39 is 0 Å². The number of piperidine rings is 1. The Kier molecular flexibility index (Phi) is 4.18. The highest BCUT2D eigenvalue weighted by atomic mass is 16.2. The Morgan fingerprint density at radius 2 is 2.39 bits per heavy atom. The molecule has 1 aromatic rings. The molecule has 1 aliphatic heterocycles. The normalized spacial score (nSPS) is 19.8. The molecule has 1 atom stereocenters. The Morgan fingerprint density at radius 3 is 3.11 bits per heavy atom. The molecule has 0 saturated carbocycles. The van der Waals surface area contributed by atoms with Gasteiger partial charge in [-0.2, -0.15) is 0 Å². The zero-order valence-electron chi connectivity index (χ0n) is 10.9. The zero-order valence-corrected chi connectivity index (χ0v) is 10.9. The molecule has 4 nitrogen and oxygen atoms in total. The summed E-state index contributed by atoms with van der Waals surface area (Å²) in [6.45, 7) is 3.02. The van der Waals surface area contributed by atoms with Crippen LogP contribution in [0.15, 0.2) is 18.5 Å². The van der Waals surface area contributed by atoms with Crippen LogP contribution < -0.4 is 5.73 Å². The van der Waals surface area contributed by atoms with Gasteiger partial charge in [0, 0.05) is 18.8 Å². The molecule has 1 unspecified atom stereocenters. The number of pyridine rings is 1. The number of hydrogen-bond donors (Lipinski definition) is 1. The van der Waals surface area contributed by atoms with Gasteiger partial charge in [0.25, 0.3) is 5.91 Å². The van der Waals surface area contributed by atoms with Crippen molar-refractivity contribution in [2.24, 2.45) is 0 Å². The summed E-state index contributed by atoms with van der Waals surface area (Å²) in [5.74, 6) is 0.0630. The molecule has 0 spiro atoms. The van der Waals surface area contributed by atoms with Crippen LogP contribution in [0, 0.1) is 0 Å². The van der Waals surface area contributed by atoms with E-state index in [1.54, 1.807) is 18.5 Å². The molecule has 2 heterocycles. The number of carbonyl (C=O) groups excluding carboxylic acids is 1. The fraction of sp³-hybridized carbons (Fsp3) is 0.571. The van der Waals surface area contributed by atoms with Crippen LogP contribution in [0.5, 0.6) is 0 Å². The van der Waals surface area contributed by atoms with E-state index in [2.05, 4.69) is 11.9 Å². The Hall–Kier alpha value is -1.58. The number of likely N-dealkylation sites (tertiary alicyclic amines) is 1. The van der Waals surface area contributed by atoms with Gasteiger partial charge in [0.15, 0.2) is 0 Å². The molecule has 4 heteroatoms. The van der Waals surface area contributed by atoms with E-state index >= 15 is 0 Å². The van der Waals surface area contributed by atoms with E-state index in [1.807, 2.05) is 4.90 Å². The van der Waals surface area contributed by atoms with Gasteiger partial charge in [-0.25, -0.2) is 0 Å². The lowest BCUT2D eigenvalue weighted by Gasteiger charge is -2.36. The Labute approximate surface area is 108 Å². The van der Waals surface area contributed by atoms with Crippen LogP contribution in [0.25, 0.3) is 0 Å². The van der Waals surface area contributed by atoms with Gasteiger partial charge >= 0.3 is 0 Å². The third kappa shape index (κ3) is 2.63. The lowest BCUT2D eigenvalue weighted by Crippen LogP contribution is -2.43. The van der Waals surface area contributed by atoms with Crippen molar-refractivity contribution < 1.29 is 4.79 Å². The van der Waals surface area contributed by atoms with E-state index in [-0.39, 0.29) is 5.91 Å². The fourth-order valence-electron chi connectivity index (χ4n) is 2.66. The van der Waals surface area contributed by atoms with Crippen molar-refractivity contribution in [3.05, 3.63) is 24.0 Å². The summed E-state index contributed by atoms with van der Waals surface area (Å²) in [6.07, 6.45) is 8.80. The summed E-state index contributed by atoms with van der Waals surface area (Å²) in [7, 11) is 0. The van der Waals surface area contributed by atoms with Gasteiger partial charge in [0.05, 0.1) is 17.4 Å². The van der Waals surface area contributed by atoms with Gasteiger partial charge < -0.3 is 10.6 Å². The van der Waals surface area contributed by atoms with E-state index in [0.717, 1.165) is 32.2 Å². The number of anilines is 1. The molecule has 0 aliphatic carbocycles. The van der Waals surface area contributed by atoms with Crippen LogP contribution in [-0.4, -0.2) is 28.4 Å². The summed E-state index contributed by atoms with van der Waals surface area (Å²) in [5.41, 5.74) is 6.90. The SMILES string of the molecule is CCCC1CCCCN1C(=O)c1ccncc1N. The minimum Gasteiger partial charge on any atom is -0.397 e. The number of aromatic nitrogens is 1. The third-order valence-corrected chi connectivity index (χ3v) is 3.59. The first-order valence-corrected chi connectivity index (χ1v) is 6.74. The molecule has 98 valence electrons. The van der Waals surface area contributed by atoms with E-state index in [0.29, 0.717) is 17.3 Å². The number of nitrogen functional groups attached to an aromatic ring is 1. The number of nitrogens with zero attached hydrogens (tertiary/aromatic N) is 2. The summed E-state index contributed by atoms with van der Waals surface area (Å²) in [6, 6.07) is 2.10. The predicted octanol–water partition coefficient (Wildman–Crippen LogP) is 2.46. The topological polar surface area (TPSA) is 59.2 Å². The first-order valence-electron chi connectivity index (χ1n) is 6.74. The van der Waals surface area contributed by atoms with Crippen molar-refractivity contribution in [2.75, 3.05) is 12.3 Å². The standard InChI is InChI=1S/C14H21N3O/c1-2-5-11-6-3-4-9-17(11)14(18)12-7-8-16-10-13(12)15/h7-8,10-11H,2-6,9,15H2,1H3. The highest BCUT2D eigenvalue weighted by Crippen LogP contribution is 2.24. The van der Waals surface area contributed by atoms with Crippen LogP contribution >= 0.6 is 0 Å². The summed E-state index contributed by atoms with van der Waals surface area (Å²) in [5, 5.41) is 0. The second-order valence-corrected chi connectivity index (χ2v) is 4.90. The third-order valence-electron chi connectivity index (χ3n) is 3.59.